The first-order chi connectivity index (χ1) is 19.5. The second-order valence-corrected chi connectivity index (χ2v) is 10.4. The zero-order chi connectivity index (χ0) is 30.5. The number of nitrogens with one attached hydrogen (secondary N) is 1. The largest absolute Gasteiger partial charge is 0.482 e. The number of amides is 2. The van der Waals surface area contributed by atoms with Crippen LogP contribution in [-0.2, 0) is 35.0 Å². The molecule has 6 atom stereocenters. The smallest absolute Gasteiger partial charge is 0.405 e. The predicted molar refractivity (Wildman–Crippen MR) is 153 cm³/mol. The molecule has 2 rings (SSSR count). The minimum Gasteiger partial charge on any atom is -0.482 e. The Labute approximate surface area is 242 Å². The van der Waals surface area contributed by atoms with E-state index in [2.05, 4.69) is 10.1 Å². The van der Waals surface area contributed by atoms with E-state index < -0.39 is 36.5 Å². The number of anilines is 1. The van der Waals surface area contributed by atoms with E-state index in [0.29, 0.717) is 42.7 Å². The standard InChI is InChI=1S/C30H44N2O9/c1-18-11-21-14-22(16-23(15-21)40-17-27(34)39-6)32-26(33)10-8-7-9-24(37-4)29(41-30(31)36)20(3)13-19(2)28(35)25(12-18)38-5/h8,10,13-16,18-19,24-25,28-29,35H,7,9,11-12,17H2,1-6H3,(H2,31,36)(H,32,33)/b10-8+,20-13+/t18-,19+,24+,25-,28-,29+/m1/s1. The quantitative estimate of drug-likeness (QED) is 0.341. The lowest BCUT2D eigenvalue weighted by molar-refractivity contribution is -0.142. The van der Waals surface area contributed by atoms with Gasteiger partial charge in [0.2, 0.25) is 5.91 Å². The van der Waals surface area contributed by atoms with Crippen molar-refractivity contribution in [2.75, 3.05) is 33.3 Å². The van der Waals surface area contributed by atoms with Crippen LogP contribution in [0.25, 0.3) is 0 Å². The van der Waals surface area contributed by atoms with Crippen LogP contribution in [0.2, 0.25) is 0 Å². The van der Waals surface area contributed by atoms with Crippen molar-refractivity contribution in [3.63, 3.8) is 0 Å². The van der Waals surface area contributed by atoms with Crippen molar-refractivity contribution in [3.05, 3.63) is 47.6 Å². The molecule has 0 spiro atoms. The number of primary amides is 1. The summed E-state index contributed by atoms with van der Waals surface area (Å²) in [5, 5.41) is 14.0. The minimum absolute atomic E-state index is 0.0667. The van der Waals surface area contributed by atoms with Crippen LogP contribution >= 0.6 is 0 Å². The number of esters is 1. The number of hydrogen-bond donors (Lipinski definition) is 3. The van der Waals surface area contributed by atoms with E-state index in [1.165, 1.54) is 20.3 Å². The zero-order valence-electron chi connectivity index (χ0n) is 24.8. The third kappa shape index (κ3) is 11.2. The molecule has 1 aromatic rings. The Kier molecular flexibility index (Phi) is 13.8. The number of hydrogen-bond acceptors (Lipinski definition) is 9. The maximum Gasteiger partial charge on any atom is 0.405 e. The highest BCUT2D eigenvalue weighted by molar-refractivity contribution is 5.99. The molecule has 1 heterocycles. The lowest BCUT2D eigenvalue weighted by Crippen LogP contribution is -2.37. The van der Waals surface area contributed by atoms with Gasteiger partial charge in [0.15, 0.2) is 12.7 Å². The molecule has 0 aromatic heterocycles. The number of ether oxygens (including phenoxy) is 5. The molecule has 1 aliphatic heterocycles. The van der Waals surface area contributed by atoms with Crippen LogP contribution in [0.4, 0.5) is 10.5 Å². The SMILES string of the molecule is COC(=O)COc1cc2cc(c1)NC(=O)/C=C/CC[C@H](OC)[C@@H](OC(N)=O)/C(C)=C/[C@H](C)[C@@H](O)[C@H](OC)C[C@H](C)C2. The Balaban J connectivity index is 2.44. The number of fused-ring (bicyclic) bond motifs is 2. The Hall–Kier alpha value is -3.41. The van der Waals surface area contributed by atoms with Crippen LogP contribution in [0, 0.1) is 11.8 Å². The minimum atomic E-state index is -0.938. The number of carbonyl (C=O) groups is 3. The number of methoxy groups -OCH3 is 3. The highest BCUT2D eigenvalue weighted by Gasteiger charge is 2.30. The van der Waals surface area contributed by atoms with E-state index in [9.17, 15) is 19.5 Å². The normalized spacial score (nSPS) is 28.5. The van der Waals surface area contributed by atoms with Crippen LogP contribution in [0.5, 0.6) is 5.75 Å². The molecule has 2 bridgehead atoms. The lowest BCUT2D eigenvalue weighted by atomic mass is 9.88. The molecule has 0 saturated carbocycles. The molecule has 0 saturated heterocycles. The molecule has 0 radical (unpaired) electrons. The van der Waals surface area contributed by atoms with Crippen molar-refractivity contribution < 1.29 is 43.2 Å². The van der Waals surface area contributed by atoms with Gasteiger partial charge in [-0.15, -0.1) is 0 Å². The Morgan fingerprint density at radius 3 is 2.44 bits per heavy atom. The van der Waals surface area contributed by atoms with E-state index >= 15 is 0 Å². The van der Waals surface area contributed by atoms with Gasteiger partial charge in [-0.25, -0.2) is 9.59 Å². The monoisotopic (exact) mass is 576 g/mol. The third-order valence-corrected chi connectivity index (χ3v) is 7.00. The topological polar surface area (TPSA) is 156 Å². The second kappa shape index (κ2) is 16.8. The molecule has 11 nitrogen and oxygen atoms in total. The van der Waals surface area contributed by atoms with Crippen molar-refractivity contribution in [2.24, 2.45) is 17.6 Å². The van der Waals surface area contributed by atoms with Crippen molar-refractivity contribution >= 4 is 23.7 Å². The van der Waals surface area contributed by atoms with Crippen LogP contribution in [0.15, 0.2) is 42.0 Å². The van der Waals surface area contributed by atoms with Crippen molar-refractivity contribution in [3.8, 4) is 5.75 Å². The molecule has 0 fully saturated rings. The van der Waals surface area contributed by atoms with E-state index in [1.807, 2.05) is 32.1 Å². The van der Waals surface area contributed by atoms with Crippen LogP contribution in [0.1, 0.15) is 45.6 Å². The summed E-state index contributed by atoms with van der Waals surface area (Å²) >= 11 is 0. The molecule has 1 aliphatic rings. The third-order valence-electron chi connectivity index (χ3n) is 7.00. The molecule has 2 amide bonds. The van der Waals surface area contributed by atoms with Crippen molar-refractivity contribution in [2.45, 2.75) is 70.9 Å². The molecular weight excluding hydrogens is 532 g/mol. The van der Waals surface area contributed by atoms with Crippen molar-refractivity contribution in [1.82, 2.24) is 0 Å². The zero-order valence-corrected chi connectivity index (χ0v) is 24.8. The van der Waals surface area contributed by atoms with Gasteiger partial charge in [-0.2, -0.15) is 0 Å². The fourth-order valence-corrected chi connectivity index (χ4v) is 4.95. The maximum absolute atomic E-state index is 12.7. The highest BCUT2D eigenvalue weighted by Crippen LogP contribution is 2.28. The molecule has 228 valence electrons. The molecule has 0 unspecified atom stereocenters. The Morgan fingerprint density at radius 1 is 1.10 bits per heavy atom. The summed E-state index contributed by atoms with van der Waals surface area (Å²) in [7, 11) is 4.34. The molecule has 11 heteroatoms. The van der Waals surface area contributed by atoms with E-state index in [1.54, 1.807) is 26.2 Å². The number of nitrogens with two attached hydrogens (primary N) is 1. The summed E-state index contributed by atoms with van der Waals surface area (Å²) < 4.78 is 27.0. The van der Waals surface area contributed by atoms with Gasteiger partial charge in [0.05, 0.1) is 25.4 Å². The summed E-state index contributed by atoms with van der Waals surface area (Å²) in [6.45, 7) is 5.43. The Morgan fingerprint density at radius 2 is 1.80 bits per heavy atom. The summed E-state index contributed by atoms with van der Waals surface area (Å²) in [6.07, 6.45) is 3.38. The van der Waals surface area contributed by atoms with E-state index in [-0.39, 0.29) is 24.3 Å². The predicted octanol–water partition coefficient (Wildman–Crippen LogP) is 3.53. The first-order valence-corrected chi connectivity index (χ1v) is 13.7. The van der Waals surface area contributed by atoms with Crippen molar-refractivity contribution in [1.29, 1.82) is 0 Å². The van der Waals surface area contributed by atoms with Gasteiger partial charge in [-0.3, -0.25) is 4.79 Å². The van der Waals surface area contributed by atoms with Gasteiger partial charge in [-0.05, 0) is 67.9 Å². The van der Waals surface area contributed by atoms with E-state index in [0.717, 1.165) is 5.56 Å². The molecule has 0 aliphatic carbocycles. The Bertz CT molecular complexity index is 1090. The summed E-state index contributed by atoms with van der Waals surface area (Å²) in [5.41, 5.74) is 7.41. The first-order valence-electron chi connectivity index (χ1n) is 13.7. The molecule has 1 aromatic carbocycles. The lowest BCUT2D eigenvalue weighted by Gasteiger charge is -2.30. The van der Waals surface area contributed by atoms with Gasteiger partial charge in [0.1, 0.15) is 5.75 Å². The first kappa shape index (κ1) is 33.8. The van der Waals surface area contributed by atoms with Gasteiger partial charge in [0, 0.05) is 31.9 Å². The molecular formula is C30H44N2O9. The van der Waals surface area contributed by atoms with Gasteiger partial charge >= 0.3 is 12.1 Å². The summed E-state index contributed by atoms with van der Waals surface area (Å²) in [4.78, 5) is 36.0. The summed E-state index contributed by atoms with van der Waals surface area (Å²) in [5.74, 6) is -0.737. The second-order valence-electron chi connectivity index (χ2n) is 10.4. The van der Waals surface area contributed by atoms with E-state index in [4.69, 9.17) is 24.7 Å². The summed E-state index contributed by atoms with van der Waals surface area (Å²) in [6, 6.07) is 5.29. The van der Waals surface area contributed by atoms with Gasteiger partial charge in [0.25, 0.3) is 0 Å². The number of allylic oxidation sites excluding steroid dienone is 1. The van der Waals surface area contributed by atoms with Crippen LogP contribution in [0.3, 0.4) is 0 Å². The maximum atomic E-state index is 12.7. The van der Waals surface area contributed by atoms with Crippen LogP contribution in [-0.4, -0.2) is 75.4 Å². The number of carbonyl (C=O) groups excluding carboxylic acids is 3. The fraction of sp³-hybridized carbons (Fsp3) is 0.567. The number of rotatable bonds is 6. The molecule has 41 heavy (non-hydrogen) atoms. The van der Waals surface area contributed by atoms with Crippen LogP contribution < -0.4 is 15.8 Å². The highest BCUT2D eigenvalue weighted by atomic mass is 16.6. The average Bonchev–Trinajstić information content (AvgIpc) is 2.92. The van der Waals surface area contributed by atoms with Gasteiger partial charge in [-0.1, -0.05) is 26.0 Å². The fourth-order valence-electron chi connectivity index (χ4n) is 4.95. The average molecular weight is 577 g/mol. The van der Waals surface area contributed by atoms with Gasteiger partial charge < -0.3 is 39.8 Å². The molecule has 4 N–H and O–H groups in total. The number of benzene rings is 1. The number of aliphatic hydroxyl groups excluding tert-OH is 1. The number of aliphatic hydroxyl groups is 1.